The van der Waals surface area contributed by atoms with Gasteiger partial charge in [0.15, 0.2) is 11.6 Å². The monoisotopic (exact) mass is 241 g/mol. The normalized spacial score (nSPS) is 12.0. The first-order valence-corrected chi connectivity index (χ1v) is 5.35. The molecule has 0 amide bonds. The molecule has 0 heterocycles. The molecule has 1 unspecified atom stereocenters. The zero-order valence-electron chi connectivity index (χ0n) is 9.90. The third kappa shape index (κ3) is 4.03. The second-order valence-corrected chi connectivity index (χ2v) is 3.60. The van der Waals surface area contributed by atoms with E-state index in [1.54, 1.807) is 19.1 Å². The Hall–Kier alpha value is -1.62. The molecule has 0 aromatic heterocycles. The molecule has 0 aliphatic rings. The smallest absolute Gasteiger partial charge is 0.326 e. The summed E-state index contributed by atoms with van der Waals surface area (Å²) in [4.78, 5) is 11.2. The molecule has 0 saturated carbocycles. The lowest BCUT2D eigenvalue weighted by Crippen LogP contribution is -2.37. The fourth-order valence-corrected chi connectivity index (χ4v) is 1.22. The Balaban J connectivity index is 2.55. The summed E-state index contributed by atoms with van der Waals surface area (Å²) >= 11 is 0. The molecule has 1 rings (SSSR count). The molecule has 5 heteroatoms. The Kier molecular flexibility index (Phi) is 4.90. The van der Waals surface area contributed by atoms with Crippen molar-refractivity contribution < 1.29 is 18.7 Å². The van der Waals surface area contributed by atoms with Crippen LogP contribution in [0.2, 0.25) is 0 Å². The van der Waals surface area contributed by atoms with E-state index in [4.69, 9.17) is 15.2 Å². The van der Waals surface area contributed by atoms with E-state index in [0.29, 0.717) is 0 Å². The lowest BCUT2D eigenvalue weighted by molar-refractivity contribution is -0.145. The predicted octanol–water partition coefficient (Wildman–Crippen LogP) is 1.40. The van der Waals surface area contributed by atoms with Gasteiger partial charge in [0.25, 0.3) is 0 Å². The average molecular weight is 241 g/mol. The molecular weight excluding hydrogens is 225 g/mol. The van der Waals surface area contributed by atoms with Crippen molar-refractivity contribution in [3.05, 3.63) is 29.6 Å². The van der Waals surface area contributed by atoms with Crippen molar-refractivity contribution in [2.45, 2.75) is 19.9 Å². The van der Waals surface area contributed by atoms with Crippen LogP contribution in [0.3, 0.4) is 0 Å². The van der Waals surface area contributed by atoms with Gasteiger partial charge in [-0.15, -0.1) is 0 Å². The maximum absolute atomic E-state index is 13.3. The largest absolute Gasteiger partial charge is 0.488 e. The molecular formula is C12H16FNO3. The van der Waals surface area contributed by atoms with Crippen LogP contribution in [0.4, 0.5) is 4.39 Å². The summed E-state index contributed by atoms with van der Waals surface area (Å²) in [5.41, 5.74) is 6.38. The summed E-state index contributed by atoms with van der Waals surface area (Å²) in [6, 6.07) is 3.58. The van der Waals surface area contributed by atoms with Crippen molar-refractivity contribution in [2.75, 3.05) is 13.2 Å². The van der Waals surface area contributed by atoms with E-state index in [9.17, 15) is 9.18 Å². The molecule has 4 nitrogen and oxygen atoms in total. The van der Waals surface area contributed by atoms with E-state index >= 15 is 0 Å². The van der Waals surface area contributed by atoms with Gasteiger partial charge in [-0.25, -0.2) is 4.39 Å². The maximum Gasteiger partial charge on any atom is 0.326 e. The highest BCUT2D eigenvalue weighted by atomic mass is 19.1. The first kappa shape index (κ1) is 13.4. The lowest BCUT2D eigenvalue weighted by atomic mass is 10.2. The Morgan fingerprint density at radius 3 is 2.88 bits per heavy atom. The van der Waals surface area contributed by atoms with Gasteiger partial charge in [0.1, 0.15) is 12.6 Å². The first-order valence-electron chi connectivity index (χ1n) is 5.35. The number of esters is 1. The van der Waals surface area contributed by atoms with Crippen LogP contribution < -0.4 is 10.5 Å². The van der Waals surface area contributed by atoms with Crippen molar-refractivity contribution in [3.8, 4) is 5.75 Å². The summed E-state index contributed by atoms with van der Waals surface area (Å²) in [6.45, 7) is 3.65. The molecule has 17 heavy (non-hydrogen) atoms. The topological polar surface area (TPSA) is 61.5 Å². The van der Waals surface area contributed by atoms with Gasteiger partial charge in [0.05, 0.1) is 6.61 Å². The van der Waals surface area contributed by atoms with Crippen molar-refractivity contribution in [2.24, 2.45) is 5.73 Å². The summed E-state index contributed by atoms with van der Waals surface area (Å²) in [5, 5.41) is 0. The maximum atomic E-state index is 13.3. The number of nitrogens with two attached hydrogens (primary N) is 1. The second-order valence-electron chi connectivity index (χ2n) is 3.60. The number of hydrogen-bond donors (Lipinski definition) is 1. The summed E-state index contributed by atoms with van der Waals surface area (Å²) < 4.78 is 23.1. The van der Waals surface area contributed by atoms with Crippen LogP contribution in [-0.2, 0) is 9.53 Å². The Morgan fingerprint density at radius 1 is 1.53 bits per heavy atom. The molecule has 1 aromatic rings. The number of halogens is 1. The molecule has 1 aromatic carbocycles. The van der Waals surface area contributed by atoms with Crippen molar-refractivity contribution >= 4 is 5.97 Å². The standard InChI is InChI=1S/C12H16FNO3/c1-3-16-12(15)10(14)7-17-11-6-8(2)4-5-9(11)13/h4-6,10H,3,7,14H2,1-2H3. The van der Waals surface area contributed by atoms with Gasteiger partial charge in [0, 0.05) is 0 Å². The minimum absolute atomic E-state index is 0.0877. The molecule has 0 spiro atoms. The molecule has 0 saturated heterocycles. The van der Waals surface area contributed by atoms with Crippen LogP contribution in [-0.4, -0.2) is 25.2 Å². The Morgan fingerprint density at radius 2 is 2.24 bits per heavy atom. The Labute approximate surface area is 99.5 Å². The fourth-order valence-electron chi connectivity index (χ4n) is 1.22. The molecule has 0 fully saturated rings. The van der Waals surface area contributed by atoms with Gasteiger partial charge >= 0.3 is 5.97 Å². The van der Waals surface area contributed by atoms with E-state index in [1.807, 2.05) is 6.92 Å². The predicted molar refractivity (Wildman–Crippen MR) is 61.2 cm³/mol. The molecule has 2 N–H and O–H groups in total. The van der Waals surface area contributed by atoms with E-state index in [1.165, 1.54) is 6.07 Å². The average Bonchev–Trinajstić information content (AvgIpc) is 2.30. The first-order chi connectivity index (χ1) is 8.04. The minimum atomic E-state index is -0.908. The summed E-state index contributed by atoms with van der Waals surface area (Å²) in [6.07, 6.45) is 0. The highest BCUT2D eigenvalue weighted by Crippen LogP contribution is 2.18. The number of rotatable bonds is 5. The fraction of sp³-hybridized carbons (Fsp3) is 0.417. The molecule has 0 aliphatic carbocycles. The number of aryl methyl sites for hydroxylation is 1. The number of carbonyl (C=O) groups is 1. The molecule has 0 aliphatic heterocycles. The molecule has 0 bridgehead atoms. The van der Waals surface area contributed by atoms with Crippen LogP contribution >= 0.6 is 0 Å². The number of carbonyl (C=O) groups excluding carboxylic acids is 1. The second kappa shape index (κ2) is 6.20. The molecule has 94 valence electrons. The molecule has 0 radical (unpaired) electrons. The number of benzene rings is 1. The van der Waals surface area contributed by atoms with E-state index in [0.717, 1.165) is 5.56 Å². The van der Waals surface area contributed by atoms with Crippen LogP contribution in [0, 0.1) is 12.7 Å². The van der Waals surface area contributed by atoms with E-state index < -0.39 is 17.8 Å². The zero-order chi connectivity index (χ0) is 12.8. The van der Waals surface area contributed by atoms with Crippen molar-refractivity contribution in [1.29, 1.82) is 0 Å². The van der Waals surface area contributed by atoms with Crippen LogP contribution in [0.25, 0.3) is 0 Å². The van der Waals surface area contributed by atoms with Crippen LogP contribution in [0.1, 0.15) is 12.5 Å². The van der Waals surface area contributed by atoms with Gasteiger partial charge in [-0.05, 0) is 31.5 Å². The Bertz CT molecular complexity index is 395. The van der Waals surface area contributed by atoms with E-state index in [-0.39, 0.29) is 19.0 Å². The number of hydrogen-bond acceptors (Lipinski definition) is 4. The summed E-state index contributed by atoms with van der Waals surface area (Å²) in [7, 11) is 0. The third-order valence-corrected chi connectivity index (χ3v) is 2.09. The highest BCUT2D eigenvalue weighted by molar-refractivity contribution is 5.75. The van der Waals surface area contributed by atoms with Gasteiger partial charge in [-0.1, -0.05) is 6.07 Å². The molecule has 1 atom stereocenters. The van der Waals surface area contributed by atoms with Gasteiger partial charge in [-0.3, -0.25) is 4.79 Å². The van der Waals surface area contributed by atoms with Crippen molar-refractivity contribution in [3.63, 3.8) is 0 Å². The van der Waals surface area contributed by atoms with Crippen molar-refractivity contribution in [1.82, 2.24) is 0 Å². The van der Waals surface area contributed by atoms with Crippen LogP contribution in [0.15, 0.2) is 18.2 Å². The quantitative estimate of drug-likeness (QED) is 0.792. The summed E-state index contributed by atoms with van der Waals surface area (Å²) in [5.74, 6) is -0.947. The minimum Gasteiger partial charge on any atom is -0.488 e. The zero-order valence-corrected chi connectivity index (χ0v) is 9.90. The van der Waals surface area contributed by atoms with Crippen LogP contribution in [0.5, 0.6) is 5.75 Å². The number of ether oxygens (including phenoxy) is 2. The third-order valence-electron chi connectivity index (χ3n) is 2.09. The highest BCUT2D eigenvalue weighted by Gasteiger charge is 2.16. The SMILES string of the molecule is CCOC(=O)C(N)COc1cc(C)ccc1F. The van der Waals surface area contributed by atoms with Gasteiger partial charge in [-0.2, -0.15) is 0 Å². The lowest BCUT2D eigenvalue weighted by Gasteiger charge is -2.12. The van der Waals surface area contributed by atoms with E-state index in [2.05, 4.69) is 0 Å². The van der Waals surface area contributed by atoms with Gasteiger partial charge in [0.2, 0.25) is 0 Å². The van der Waals surface area contributed by atoms with Gasteiger partial charge < -0.3 is 15.2 Å².